The molecule has 26 heavy (non-hydrogen) atoms. The van der Waals surface area contributed by atoms with Crippen molar-refractivity contribution in [2.45, 2.75) is 25.3 Å². The average molecular weight is 356 g/mol. The molecule has 0 spiro atoms. The van der Waals surface area contributed by atoms with Crippen LogP contribution in [0.25, 0.3) is 0 Å². The molecular weight excluding hydrogens is 331 g/mol. The molecule has 1 amide bonds. The van der Waals surface area contributed by atoms with Crippen molar-refractivity contribution in [3.8, 4) is 5.75 Å². The highest BCUT2D eigenvalue weighted by Crippen LogP contribution is 2.32. The smallest absolute Gasteiger partial charge is 0.234 e. The Morgan fingerprint density at radius 1 is 1.27 bits per heavy atom. The van der Waals surface area contributed by atoms with Gasteiger partial charge in [0.05, 0.1) is 13.7 Å². The molecule has 1 heterocycles. The largest absolute Gasteiger partial charge is 0.497 e. The van der Waals surface area contributed by atoms with Crippen LogP contribution in [0.15, 0.2) is 48.5 Å². The van der Waals surface area contributed by atoms with Gasteiger partial charge in [-0.1, -0.05) is 24.3 Å². The fourth-order valence-electron chi connectivity index (χ4n) is 3.48. The summed E-state index contributed by atoms with van der Waals surface area (Å²) in [5.41, 5.74) is 2.21. The van der Waals surface area contributed by atoms with Crippen LogP contribution in [0.1, 0.15) is 30.0 Å². The second kappa shape index (κ2) is 8.81. The van der Waals surface area contributed by atoms with E-state index in [2.05, 4.69) is 22.3 Å². The Hall–Kier alpha value is -2.40. The van der Waals surface area contributed by atoms with Gasteiger partial charge in [0.1, 0.15) is 11.6 Å². The van der Waals surface area contributed by atoms with Crippen molar-refractivity contribution in [2.75, 3.05) is 26.7 Å². The fourth-order valence-corrected chi connectivity index (χ4v) is 3.48. The maximum Gasteiger partial charge on any atom is 0.234 e. The van der Waals surface area contributed by atoms with Crippen LogP contribution in [0.3, 0.4) is 0 Å². The molecule has 0 aromatic heterocycles. The molecule has 5 heteroatoms. The van der Waals surface area contributed by atoms with Gasteiger partial charge in [-0.05, 0) is 61.2 Å². The van der Waals surface area contributed by atoms with E-state index in [0.29, 0.717) is 19.5 Å². The summed E-state index contributed by atoms with van der Waals surface area (Å²) in [5, 5.41) is 2.97. The van der Waals surface area contributed by atoms with Gasteiger partial charge in [0.2, 0.25) is 5.91 Å². The van der Waals surface area contributed by atoms with Crippen molar-refractivity contribution in [3.63, 3.8) is 0 Å². The van der Waals surface area contributed by atoms with E-state index < -0.39 is 0 Å². The number of likely N-dealkylation sites (tertiary alicyclic amines) is 1. The van der Waals surface area contributed by atoms with Gasteiger partial charge >= 0.3 is 0 Å². The van der Waals surface area contributed by atoms with Crippen LogP contribution in [-0.4, -0.2) is 37.6 Å². The molecule has 4 nitrogen and oxygen atoms in total. The Kier molecular flexibility index (Phi) is 6.23. The molecule has 0 aliphatic carbocycles. The van der Waals surface area contributed by atoms with Crippen molar-refractivity contribution in [1.82, 2.24) is 10.2 Å². The van der Waals surface area contributed by atoms with Gasteiger partial charge in [-0.2, -0.15) is 0 Å². The molecule has 1 fully saturated rings. The van der Waals surface area contributed by atoms with E-state index in [0.717, 1.165) is 30.7 Å². The van der Waals surface area contributed by atoms with Gasteiger partial charge in [0.25, 0.3) is 0 Å². The van der Waals surface area contributed by atoms with Crippen LogP contribution < -0.4 is 10.1 Å². The van der Waals surface area contributed by atoms with Gasteiger partial charge in [-0.25, -0.2) is 4.39 Å². The average Bonchev–Trinajstić information content (AvgIpc) is 3.11. The summed E-state index contributed by atoms with van der Waals surface area (Å²) in [4.78, 5) is 14.5. The lowest BCUT2D eigenvalue weighted by molar-refractivity contribution is -0.122. The fraction of sp³-hybridized carbons (Fsp3) is 0.381. The number of halogens is 1. The number of benzene rings is 2. The van der Waals surface area contributed by atoms with Crippen LogP contribution in [0.2, 0.25) is 0 Å². The third kappa shape index (κ3) is 4.82. The minimum atomic E-state index is -0.240. The molecule has 2 aromatic carbocycles. The second-order valence-corrected chi connectivity index (χ2v) is 6.63. The number of hydrogen-bond acceptors (Lipinski definition) is 3. The highest BCUT2D eigenvalue weighted by molar-refractivity contribution is 5.78. The summed E-state index contributed by atoms with van der Waals surface area (Å²) in [6.07, 6.45) is 2.84. The minimum absolute atomic E-state index is 0.0295. The van der Waals surface area contributed by atoms with E-state index in [-0.39, 0.29) is 17.8 Å². The third-order valence-corrected chi connectivity index (χ3v) is 4.84. The Bertz CT molecular complexity index is 733. The van der Waals surface area contributed by atoms with Crippen LogP contribution >= 0.6 is 0 Å². The molecule has 2 aromatic rings. The summed E-state index contributed by atoms with van der Waals surface area (Å²) in [6.45, 7) is 1.88. The van der Waals surface area contributed by atoms with E-state index in [4.69, 9.17) is 4.74 Å². The SMILES string of the molecule is COc1cccc(C2CCCN2CC(=O)NCCc2ccc(F)cc2)c1. The highest BCUT2D eigenvalue weighted by Gasteiger charge is 2.27. The third-order valence-electron chi connectivity index (χ3n) is 4.84. The Balaban J connectivity index is 1.50. The zero-order valence-electron chi connectivity index (χ0n) is 15.1. The number of ether oxygens (including phenoxy) is 1. The predicted octanol–water partition coefficient (Wildman–Crippen LogP) is 3.33. The van der Waals surface area contributed by atoms with Crippen LogP contribution in [0, 0.1) is 5.82 Å². The van der Waals surface area contributed by atoms with Gasteiger partial charge in [-0.15, -0.1) is 0 Å². The molecule has 1 atom stereocenters. The normalized spacial score (nSPS) is 17.2. The number of methoxy groups -OCH3 is 1. The first-order valence-corrected chi connectivity index (χ1v) is 9.05. The molecular formula is C21H25FN2O2. The van der Waals surface area contributed by atoms with E-state index in [1.54, 1.807) is 19.2 Å². The first-order chi connectivity index (χ1) is 12.7. The monoisotopic (exact) mass is 356 g/mol. The maximum atomic E-state index is 12.9. The Morgan fingerprint density at radius 2 is 2.08 bits per heavy atom. The maximum absolute atomic E-state index is 12.9. The quantitative estimate of drug-likeness (QED) is 0.827. The van der Waals surface area contributed by atoms with Crippen LogP contribution in [-0.2, 0) is 11.2 Å². The summed E-state index contributed by atoms with van der Waals surface area (Å²) in [7, 11) is 1.67. The van der Waals surface area contributed by atoms with Crippen molar-refractivity contribution in [3.05, 3.63) is 65.5 Å². The van der Waals surface area contributed by atoms with Gasteiger partial charge in [0, 0.05) is 12.6 Å². The molecule has 0 radical (unpaired) electrons. The molecule has 138 valence electrons. The summed E-state index contributed by atoms with van der Waals surface area (Å²) in [5.74, 6) is 0.635. The van der Waals surface area contributed by atoms with Crippen molar-refractivity contribution < 1.29 is 13.9 Å². The molecule has 3 rings (SSSR count). The topological polar surface area (TPSA) is 41.6 Å². The van der Waals surface area contributed by atoms with E-state index in [1.807, 2.05) is 12.1 Å². The molecule has 0 saturated carbocycles. The zero-order chi connectivity index (χ0) is 18.4. The lowest BCUT2D eigenvalue weighted by atomic mass is 10.0. The first kappa shape index (κ1) is 18.4. The number of nitrogens with one attached hydrogen (secondary N) is 1. The highest BCUT2D eigenvalue weighted by atomic mass is 19.1. The number of carbonyl (C=O) groups is 1. The van der Waals surface area contributed by atoms with E-state index in [1.165, 1.54) is 17.7 Å². The van der Waals surface area contributed by atoms with Crippen LogP contribution in [0.4, 0.5) is 4.39 Å². The standard InChI is InChI=1S/C21H25FN2O2/c1-26-19-5-2-4-17(14-19)20-6-3-13-24(20)15-21(25)23-12-11-16-7-9-18(22)10-8-16/h2,4-5,7-10,14,20H,3,6,11-13,15H2,1H3,(H,23,25). The number of amides is 1. The minimum Gasteiger partial charge on any atom is -0.497 e. The lowest BCUT2D eigenvalue weighted by Gasteiger charge is -2.24. The van der Waals surface area contributed by atoms with Gasteiger partial charge in [-0.3, -0.25) is 9.69 Å². The number of carbonyl (C=O) groups excluding carboxylic acids is 1. The molecule has 1 N–H and O–H groups in total. The molecule has 1 saturated heterocycles. The van der Waals surface area contributed by atoms with Crippen LogP contribution in [0.5, 0.6) is 5.75 Å². The summed E-state index contributed by atoms with van der Waals surface area (Å²) in [6, 6.07) is 14.7. The first-order valence-electron chi connectivity index (χ1n) is 9.05. The molecule has 1 unspecified atom stereocenters. The van der Waals surface area contributed by atoms with Crippen molar-refractivity contribution in [2.24, 2.45) is 0 Å². The molecule has 1 aliphatic rings. The number of rotatable bonds is 7. The van der Waals surface area contributed by atoms with Crippen molar-refractivity contribution >= 4 is 5.91 Å². The number of hydrogen-bond donors (Lipinski definition) is 1. The van der Waals surface area contributed by atoms with Crippen molar-refractivity contribution in [1.29, 1.82) is 0 Å². The Morgan fingerprint density at radius 3 is 2.85 bits per heavy atom. The van der Waals surface area contributed by atoms with Gasteiger partial charge in [0.15, 0.2) is 0 Å². The lowest BCUT2D eigenvalue weighted by Crippen LogP contribution is -2.37. The van der Waals surface area contributed by atoms with Gasteiger partial charge < -0.3 is 10.1 Å². The number of nitrogens with zero attached hydrogens (tertiary/aromatic N) is 1. The van der Waals surface area contributed by atoms with E-state index >= 15 is 0 Å². The molecule has 1 aliphatic heterocycles. The van der Waals surface area contributed by atoms with E-state index in [9.17, 15) is 9.18 Å². The predicted molar refractivity (Wildman–Crippen MR) is 99.7 cm³/mol. The Labute approximate surface area is 154 Å². The summed E-state index contributed by atoms with van der Waals surface area (Å²) < 4.78 is 18.2. The zero-order valence-corrected chi connectivity index (χ0v) is 15.1. The second-order valence-electron chi connectivity index (χ2n) is 6.63. The molecule has 0 bridgehead atoms. The summed E-state index contributed by atoms with van der Waals surface area (Å²) >= 11 is 0.